The number of hydrogen-bond donors (Lipinski definition) is 2. The van der Waals surface area contributed by atoms with Gasteiger partial charge in [0.1, 0.15) is 6.04 Å². The molecule has 2 aliphatic rings. The zero-order chi connectivity index (χ0) is 16.9. The first kappa shape index (κ1) is 17.2. The molecule has 24 heavy (non-hydrogen) atoms. The van der Waals surface area contributed by atoms with Gasteiger partial charge < -0.3 is 25.0 Å². The predicted molar refractivity (Wildman–Crippen MR) is 93.3 cm³/mol. The number of anilines is 1. The van der Waals surface area contributed by atoms with E-state index in [0.717, 1.165) is 31.9 Å². The average Bonchev–Trinajstić information content (AvgIpc) is 2.61. The Balaban J connectivity index is 1.67. The van der Waals surface area contributed by atoms with Crippen molar-refractivity contribution < 1.29 is 14.3 Å². The second kappa shape index (κ2) is 7.96. The Hall–Kier alpha value is -1.63. The molecule has 6 heteroatoms. The van der Waals surface area contributed by atoms with Gasteiger partial charge in [-0.05, 0) is 31.0 Å². The van der Waals surface area contributed by atoms with Crippen molar-refractivity contribution in [1.29, 1.82) is 0 Å². The Morgan fingerprint density at radius 2 is 2.12 bits per heavy atom. The Kier molecular flexibility index (Phi) is 5.71. The van der Waals surface area contributed by atoms with E-state index in [1.807, 2.05) is 6.92 Å². The highest BCUT2D eigenvalue weighted by Gasteiger charge is 2.28. The number of carbonyl (C=O) groups excluding carboxylic acids is 1. The molecule has 2 N–H and O–H groups in total. The van der Waals surface area contributed by atoms with Crippen LogP contribution in [-0.2, 0) is 20.8 Å². The molecule has 2 fully saturated rings. The quantitative estimate of drug-likeness (QED) is 0.854. The third-order valence-corrected chi connectivity index (χ3v) is 4.64. The molecule has 1 aromatic carbocycles. The van der Waals surface area contributed by atoms with Crippen molar-refractivity contribution in [2.24, 2.45) is 0 Å². The van der Waals surface area contributed by atoms with Gasteiger partial charge in [-0.15, -0.1) is 0 Å². The van der Waals surface area contributed by atoms with E-state index in [9.17, 15) is 4.79 Å². The first-order valence-electron chi connectivity index (χ1n) is 8.70. The second-order valence-corrected chi connectivity index (χ2v) is 6.46. The fourth-order valence-electron chi connectivity index (χ4n) is 3.24. The summed E-state index contributed by atoms with van der Waals surface area (Å²) in [5.41, 5.74) is 3.56. The van der Waals surface area contributed by atoms with Crippen LogP contribution < -0.4 is 15.5 Å². The van der Waals surface area contributed by atoms with Crippen LogP contribution in [0.25, 0.3) is 0 Å². The highest BCUT2D eigenvalue weighted by molar-refractivity contribution is 5.82. The van der Waals surface area contributed by atoms with Gasteiger partial charge in [0.25, 0.3) is 0 Å². The van der Waals surface area contributed by atoms with E-state index >= 15 is 0 Å². The van der Waals surface area contributed by atoms with E-state index in [-0.39, 0.29) is 18.1 Å². The van der Waals surface area contributed by atoms with Gasteiger partial charge in [-0.25, -0.2) is 0 Å². The molecular weight excluding hydrogens is 306 g/mol. The van der Waals surface area contributed by atoms with E-state index in [4.69, 9.17) is 9.47 Å². The lowest BCUT2D eigenvalue weighted by Crippen LogP contribution is -2.55. The predicted octanol–water partition coefficient (Wildman–Crippen LogP) is 0.825. The van der Waals surface area contributed by atoms with E-state index in [0.29, 0.717) is 19.7 Å². The first-order chi connectivity index (χ1) is 11.6. The molecule has 0 radical (unpaired) electrons. The van der Waals surface area contributed by atoms with Crippen molar-refractivity contribution in [3.8, 4) is 0 Å². The van der Waals surface area contributed by atoms with Gasteiger partial charge in [0.05, 0.1) is 25.9 Å². The highest BCUT2D eigenvalue weighted by Crippen LogP contribution is 2.23. The van der Waals surface area contributed by atoms with Crippen molar-refractivity contribution in [3.63, 3.8) is 0 Å². The van der Waals surface area contributed by atoms with Crippen LogP contribution in [0.4, 0.5) is 5.69 Å². The van der Waals surface area contributed by atoms with Crippen LogP contribution in [0.15, 0.2) is 18.2 Å². The number of ether oxygens (including phenoxy) is 2. The molecule has 0 aliphatic carbocycles. The van der Waals surface area contributed by atoms with E-state index < -0.39 is 0 Å². The van der Waals surface area contributed by atoms with E-state index in [1.165, 1.54) is 11.3 Å². The summed E-state index contributed by atoms with van der Waals surface area (Å²) in [5, 5.41) is 6.29. The second-order valence-electron chi connectivity index (χ2n) is 6.46. The maximum atomic E-state index is 12.4. The molecule has 2 atom stereocenters. The molecule has 0 bridgehead atoms. The number of benzene rings is 1. The minimum atomic E-state index is -0.281. The van der Waals surface area contributed by atoms with Gasteiger partial charge in [0.15, 0.2) is 0 Å². The van der Waals surface area contributed by atoms with Gasteiger partial charge in [-0.3, -0.25) is 4.79 Å². The zero-order valence-electron chi connectivity index (χ0n) is 14.5. The molecule has 2 saturated heterocycles. The monoisotopic (exact) mass is 333 g/mol. The Morgan fingerprint density at radius 3 is 2.88 bits per heavy atom. The SMILES string of the molecule is Cc1ccc(CNC(=O)[C@H]2NCCO[C@@H]2C)c(N2CCOCC2)c1. The number of rotatable bonds is 4. The van der Waals surface area contributed by atoms with Crippen molar-refractivity contribution in [3.05, 3.63) is 29.3 Å². The lowest BCUT2D eigenvalue weighted by Gasteiger charge is -2.32. The molecule has 132 valence electrons. The molecule has 1 amide bonds. The molecule has 0 unspecified atom stereocenters. The summed E-state index contributed by atoms with van der Waals surface area (Å²) >= 11 is 0. The Bertz CT molecular complexity index is 573. The lowest BCUT2D eigenvalue weighted by molar-refractivity contribution is -0.129. The molecule has 3 rings (SSSR count). The number of carbonyl (C=O) groups is 1. The Morgan fingerprint density at radius 1 is 1.33 bits per heavy atom. The van der Waals surface area contributed by atoms with Crippen LogP contribution in [0.3, 0.4) is 0 Å². The minimum absolute atomic E-state index is 0.00398. The summed E-state index contributed by atoms with van der Waals surface area (Å²) < 4.78 is 11.0. The molecule has 6 nitrogen and oxygen atoms in total. The molecule has 0 spiro atoms. The lowest BCUT2D eigenvalue weighted by atomic mass is 10.1. The topological polar surface area (TPSA) is 62.8 Å². The van der Waals surface area contributed by atoms with Crippen molar-refractivity contribution in [2.75, 3.05) is 44.4 Å². The minimum Gasteiger partial charge on any atom is -0.378 e. The van der Waals surface area contributed by atoms with Gasteiger partial charge in [0, 0.05) is 31.9 Å². The van der Waals surface area contributed by atoms with Crippen LogP contribution in [0, 0.1) is 6.92 Å². The molecule has 0 saturated carbocycles. The van der Waals surface area contributed by atoms with Crippen molar-refractivity contribution in [1.82, 2.24) is 10.6 Å². The molecule has 2 heterocycles. The summed E-state index contributed by atoms with van der Waals surface area (Å²) in [6.45, 7) is 9.20. The van der Waals surface area contributed by atoms with Crippen LogP contribution in [0.1, 0.15) is 18.1 Å². The van der Waals surface area contributed by atoms with Crippen molar-refractivity contribution in [2.45, 2.75) is 32.5 Å². The number of nitrogens with one attached hydrogen (secondary N) is 2. The van der Waals surface area contributed by atoms with Crippen LogP contribution in [0.5, 0.6) is 0 Å². The number of aryl methyl sites for hydroxylation is 1. The first-order valence-corrected chi connectivity index (χ1v) is 8.70. The molecular formula is C18H27N3O3. The molecule has 0 aromatic heterocycles. The van der Waals surface area contributed by atoms with Gasteiger partial charge in [0.2, 0.25) is 5.91 Å². The van der Waals surface area contributed by atoms with Crippen LogP contribution in [-0.4, -0.2) is 57.5 Å². The fourth-order valence-corrected chi connectivity index (χ4v) is 3.24. The Labute approximate surface area is 143 Å². The average molecular weight is 333 g/mol. The number of nitrogens with zero attached hydrogens (tertiary/aromatic N) is 1. The van der Waals surface area contributed by atoms with Crippen LogP contribution in [0.2, 0.25) is 0 Å². The molecule has 1 aromatic rings. The summed E-state index contributed by atoms with van der Waals surface area (Å²) in [5.74, 6) is -0.00398. The van der Waals surface area contributed by atoms with E-state index in [1.54, 1.807) is 0 Å². The van der Waals surface area contributed by atoms with Gasteiger partial charge >= 0.3 is 0 Å². The largest absolute Gasteiger partial charge is 0.378 e. The van der Waals surface area contributed by atoms with Gasteiger partial charge in [-0.1, -0.05) is 12.1 Å². The summed E-state index contributed by atoms with van der Waals surface area (Å²) in [7, 11) is 0. The maximum absolute atomic E-state index is 12.4. The maximum Gasteiger partial charge on any atom is 0.240 e. The van der Waals surface area contributed by atoms with Crippen molar-refractivity contribution >= 4 is 11.6 Å². The smallest absolute Gasteiger partial charge is 0.240 e. The van der Waals surface area contributed by atoms with Crippen LogP contribution >= 0.6 is 0 Å². The van der Waals surface area contributed by atoms with E-state index in [2.05, 4.69) is 40.7 Å². The van der Waals surface area contributed by atoms with Gasteiger partial charge in [-0.2, -0.15) is 0 Å². The third-order valence-electron chi connectivity index (χ3n) is 4.64. The third kappa shape index (κ3) is 4.06. The normalized spacial score (nSPS) is 24.7. The number of morpholine rings is 2. The summed E-state index contributed by atoms with van der Waals surface area (Å²) in [6.07, 6.45) is -0.101. The zero-order valence-corrected chi connectivity index (χ0v) is 14.5. The molecule has 2 aliphatic heterocycles. The number of amides is 1. The number of hydrogen-bond acceptors (Lipinski definition) is 5. The highest BCUT2D eigenvalue weighted by atomic mass is 16.5. The standard InChI is InChI=1S/C18H27N3O3/c1-13-3-4-15(16(11-13)21-6-9-23-10-7-21)12-20-18(22)17-14(2)24-8-5-19-17/h3-4,11,14,17,19H,5-10,12H2,1-2H3,(H,20,22)/t14-,17+/m1/s1. The fraction of sp³-hybridized carbons (Fsp3) is 0.611. The summed E-state index contributed by atoms with van der Waals surface area (Å²) in [4.78, 5) is 14.8. The summed E-state index contributed by atoms with van der Waals surface area (Å²) in [6, 6.07) is 6.11.